The minimum atomic E-state index is 0.621. The maximum Gasteiger partial charge on any atom is 0.164 e. The van der Waals surface area contributed by atoms with Crippen LogP contribution in [0.4, 0.5) is 0 Å². The minimum Gasteiger partial charge on any atom is -0.456 e. The summed E-state index contributed by atoms with van der Waals surface area (Å²) in [6, 6.07) is 56.9. The van der Waals surface area contributed by atoms with Crippen molar-refractivity contribution in [3.05, 3.63) is 164 Å². The van der Waals surface area contributed by atoms with Crippen molar-refractivity contribution in [3.63, 3.8) is 0 Å². The lowest BCUT2D eigenvalue weighted by Gasteiger charge is -2.23. The van der Waals surface area contributed by atoms with Gasteiger partial charge in [0.1, 0.15) is 11.5 Å². The van der Waals surface area contributed by atoms with E-state index in [0.717, 1.165) is 72.0 Å². The molecule has 2 heterocycles. The van der Waals surface area contributed by atoms with Gasteiger partial charge in [0.2, 0.25) is 0 Å². The Hall–Kier alpha value is -6.65. The van der Waals surface area contributed by atoms with Crippen LogP contribution >= 0.6 is 0 Å². The number of hydrogen-bond acceptors (Lipinski definition) is 4. The quantitative estimate of drug-likeness (QED) is 0.195. The van der Waals surface area contributed by atoms with E-state index in [1.807, 2.05) is 6.07 Å². The lowest BCUT2D eigenvalue weighted by molar-refractivity contribution is 0.487. The Balaban J connectivity index is 1.16. The lowest BCUT2D eigenvalue weighted by Crippen LogP contribution is -2.02. The van der Waals surface area contributed by atoms with Crippen molar-refractivity contribution in [2.75, 3.05) is 0 Å². The summed E-state index contributed by atoms with van der Waals surface area (Å²) in [5, 5.41) is 6.72. The molecule has 0 spiro atoms. The van der Waals surface area contributed by atoms with Crippen LogP contribution in [0.25, 0.3) is 88.7 Å². The van der Waals surface area contributed by atoms with Crippen LogP contribution in [-0.4, -0.2) is 15.0 Å². The number of rotatable bonds is 4. The molecule has 1 aromatic heterocycles. The molecule has 0 aliphatic carbocycles. The molecule has 0 amide bonds. The molecule has 49 heavy (non-hydrogen) atoms. The zero-order valence-corrected chi connectivity index (χ0v) is 26.3. The molecule has 0 N–H and O–H groups in total. The molecule has 0 fully saturated rings. The van der Waals surface area contributed by atoms with Gasteiger partial charge in [-0.1, -0.05) is 127 Å². The topological polar surface area (TPSA) is 47.9 Å². The Kier molecular flexibility index (Phi) is 6.15. The van der Waals surface area contributed by atoms with E-state index in [0.29, 0.717) is 17.5 Å². The van der Waals surface area contributed by atoms with E-state index in [-0.39, 0.29) is 0 Å². The van der Waals surface area contributed by atoms with Crippen molar-refractivity contribution in [1.29, 1.82) is 0 Å². The molecule has 1 aliphatic rings. The van der Waals surface area contributed by atoms with E-state index in [9.17, 15) is 0 Å². The summed E-state index contributed by atoms with van der Waals surface area (Å²) in [5.41, 5.74) is 7.30. The number of fused-ring (bicyclic) bond motifs is 4. The molecule has 0 radical (unpaired) electrons. The molecule has 4 nitrogen and oxygen atoms in total. The molecule has 0 bridgehead atoms. The number of nitrogens with zero attached hydrogens (tertiary/aromatic N) is 3. The van der Waals surface area contributed by atoms with Gasteiger partial charge in [-0.3, -0.25) is 0 Å². The summed E-state index contributed by atoms with van der Waals surface area (Å²) in [5.74, 6) is 3.57. The van der Waals surface area contributed by atoms with Gasteiger partial charge < -0.3 is 4.74 Å². The highest BCUT2D eigenvalue weighted by Gasteiger charge is 2.23. The molecule has 0 atom stereocenters. The molecule has 8 aromatic carbocycles. The zero-order valence-electron chi connectivity index (χ0n) is 26.3. The van der Waals surface area contributed by atoms with E-state index in [1.165, 1.54) is 10.8 Å². The first-order chi connectivity index (χ1) is 24.2. The van der Waals surface area contributed by atoms with E-state index < -0.39 is 0 Å². The third-order valence-corrected chi connectivity index (χ3v) is 9.49. The Morgan fingerprint density at radius 1 is 0.327 bits per heavy atom. The maximum atomic E-state index is 6.62. The van der Waals surface area contributed by atoms with E-state index in [2.05, 4.69) is 158 Å². The normalized spacial score (nSPS) is 11.8. The van der Waals surface area contributed by atoms with Crippen molar-refractivity contribution in [3.8, 4) is 67.9 Å². The number of hydrogen-bond donors (Lipinski definition) is 0. The molecule has 0 saturated carbocycles. The average molecular weight is 626 g/mol. The van der Waals surface area contributed by atoms with E-state index in [4.69, 9.17) is 19.7 Å². The highest BCUT2D eigenvalue weighted by atomic mass is 16.5. The largest absolute Gasteiger partial charge is 0.456 e. The van der Waals surface area contributed by atoms with Crippen molar-refractivity contribution in [1.82, 2.24) is 15.0 Å². The van der Waals surface area contributed by atoms with Crippen LogP contribution in [0.15, 0.2) is 164 Å². The highest BCUT2D eigenvalue weighted by molar-refractivity contribution is 6.09. The monoisotopic (exact) mass is 625 g/mol. The summed E-state index contributed by atoms with van der Waals surface area (Å²) >= 11 is 0. The van der Waals surface area contributed by atoms with Crippen LogP contribution in [0.3, 0.4) is 0 Å². The van der Waals surface area contributed by atoms with Crippen molar-refractivity contribution in [2.45, 2.75) is 0 Å². The lowest BCUT2D eigenvalue weighted by atomic mass is 9.91. The maximum absolute atomic E-state index is 6.62. The summed E-state index contributed by atoms with van der Waals surface area (Å²) in [6.07, 6.45) is 0. The first kappa shape index (κ1) is 27.5. The van der Waals surface area contributed by atoms with Gasteiger partial charge in [0.05, 0.1) is 0 Å². The molecule has 4 heteroatoms. The van der Waals surface area contributed by atoms with Crippen molar-refractivity contribution >= 4 is 32.3 Å². The summed E-state index contributed by atoms with van der Waals surface area (Å²) in [7, 11) is 0. The van der Waals surface area contributed by atoms with Gasteiger partial charge in [0.15, 0.2) is 17.5 Å². The number of aromatic nitrogens is 3. The van der Waals surface area contributed by atoms with E-state index >= 15 is 0 Å². The van der Waals surface area contributed by atoms with Crippen LogP contribution in [0.5, 0.6) is 11.5 Å². The van der Waals surface area contributed by atoms with Gasteiger partial charge in [-0.05, 0) is 80.0 Å². The second-order valence-electron chi connectivity index (χ2n) is 12.4. The Morgan fingerprint density at radius 2 is 0.918 bits per heavy atom. The molecule has 228 valence electrons. The molecular formula is C45H27N3O. The molecule has 1 aliphatic heterocycles. The average Bonchev–Trinajstić information content (AvgIpc) is 3.17. The van der Waals surface area contributed by atoms with Gasteiger partial charge in [0, 0.05) is 27.6 Å². The smallest absolute Gasteiger partial charge is 0.164 e. The fourth-order valence-electron chi connectivity index (χ4n) is 7.05. The number of ether oxygens (including phenoxy) is 1. The second kappa shape index (κ2) is 11.0. The zero-order chi connectivity index (χ0) is 32.3. The van der Waals surface area contributed by atoms with Crippen LogP contribution in [0.2, 0.25) is 0 Å². The molecular weight excluding hydrogens is 599 g/mol. The van der Waals surface area contributed by atoms with Crippen molar-refractivity contribution in [2.24, 2.45) is 0 Å². The second-order valence-corrected chi connectivity index (χ2v) is 12.4. The third-order valence-electron chi connectivity index (χ3n) is 9.49. The van der Waals surface area contributed by atoms with E-state index in [1.54, 1.807) is 0 Å². The predicted molar refractivity (Wildman–Crippen MR) is 200 cm³/mol. The first-order valence-corrected chi connectivity index (χ1v) is 16.4. The first-order valence-electron chi connectivity index (χ1n) is 16.4. The van der Waals surface area contributed by atoms with Crippen molar-refractivity contribution < 1.29 is 4.74 Å². The predicted octanol–water partition coefficient (Wildman–Crippen LogP) is 11.8. The number of benzene rings is 8. The molecule has 0 saturated heterocycles. The minimum absolute atomic E-state index is 0.621. The van der Waals surface area contributed by atoms with Gasteiger partial charge >= 0.3 is 0 Å². The molecule has 10 rings (SSSR count). The van der Waals surface area contributed by atoms with Gasteiger partial charge in [-0.15, -0.1) is 0 Å². The fourth-order valence-corrected chi connectivity index (χ4v) is 7.05. The SMILES string of the molecule is c1ccc(-c2ccc3c(c2)Oc2ccc(-c4nc(-c5ccc6ccccc6c5)nc(-c5ccc6ccccc6c5)n4)c4cccc-3c24)cc1. The standard InChI is InChI=1S/C45H27N3O/c1-2-9-28(10-3-1)33-21-22-36-37-15-8-16-38-39(23-24-40(42(37)38)49-41(36)27-33)45-47-43(34-19-17-29-11-4-6-13-31(29)25-34)46-44(48-45)35-20-18-30-12-5-7-14-32(30)26-35/h1-27H. The fraction of sp³-hybridized carbons (Fsp3) is 0. The Bertz CT molecular complexity index is 2660. The van der Waals surface area contributed by atoms with Gasteiger partial charge in [0.25, 0.3) is 0 Å². The van der Waals surface area contributed by atoms with Crippen LogP contribution < -0.4 is 4.74 Å². The Morgan fingerprint density at radius 3 is 1.61 bits per heavy atom. The Labute approximate surface area is 283 Å². The van der Waals surface area contributed by atoms with Crippen LogP contribution in [0.1, 0.15) is 0 Å². The molecule has 9 aromatic rings. The molecule has 0 unspecified atom stereocenters. The third kappa shape index (κ3) is 4.65. The van der Waals surface area contributed by atoms with Gasteiger partial charge in [-0.25, -0.2) is 15.0 Å². The van der Waals surface area contributed by atoms with Crippen LogP contribution in [0, 0.1) is 0 Å². The summed E-state index contributed by atoms with van der Waals surface area (Å²) < 4.78 is 6.62. The summed E-state index contributed by atoms with van der Waals surface area (Å²) in [4.78, 5) is 15.4. The highest BCUT2D eigenvalue weighted by Crippen LogP contribution is 2.49. The van der Waals surface area contributed by atoms with Gasteiger partial charge in [-0.2, -0.15) is 0 Å². The van der Waals surface area contributed by atoms with Crippen LogP contribution in [-0.2, 0) is 0 Å². The summed E-state index contributed by atoms with van der Waals surface area (Å²) in [6.45, 7) is 0.